The van der Waals surface area contributed by atoms with Gasteiger partial charge in [0.15, 0.2) is 5.01 Å². The minimum atomic E-state index is -1.35. The van der Waals surface area contributed by atoms with Crippen molar-refractivity contribution in [3.8, 4) is 0 Å². The number of likely N-dealkylation sites (tertiary alicyclic amines) is 1. The van der Waals surface area contributed by atoms with E-state index in [1.54, 1.807) is 0 Å². The number of amides is 3. The molecule has 3 N–H and O–H groups in total. The van der Waals surface area contributed by atoms with Crippen molar-refractivity contribution in [1.29, 1.82) is 0 Å². The Morgan fingerprint density at radius 3 is 2.81 bits per heavy atom. The van der Waals surface area contributed by atoms with Crippen LogP contribution in [0, 0.1) is 0 Å². The summed E-state index contributed by atoms with van der Waals surface area (Å²) in [4.78, 5) is 44.9. The molecule has 2 aliphatic rings. The second-order valence-electron chi connectivity index (χ2n) is 6.78. The van der Waals surface area contributed by atoms with Crippen molar-refractivity contribution >= 4 is 29.2 Å². The van der Waals surface area contributed by atoms with E-state index in [1.165, 1.54) is 16.2 Å². The van der Waals surface area contributed by atoms with E-state index in [9.17, 15) is 24.6 Å². The number of likely N-dealkylation sites (N-methyl/N-ethyl adjacent to an activating group) is 1. The summed E-state index contributed by atoms with van der Waals surface area (Å²) in [5, 5.41) is 19.7. The maximum absolute atomic E-state index is 12.4. The number of hydrogen-bond acceptors (Lipinski definition) is 7. The minimum Gasteiger partial charge on any atom is -0.464 e. The van der Waals surface area contributed by atoms with E-state index >= 15 is 0 Å². The highest BCUT2D eigenvalue weighted by Gasteiger charge is 2.27. The van der Waals surface area contributed by atoms with E-state index < -0.39 is 18.1 Å². The molecular formula is C16H23N5O5S. The van der Waals surface area contributed by atoms with Crippen LogP contribution in [0.15, 0.2) is 0 Å². The Labute approximate surface area is 160 Å². The topological polar surface area (TPSA) is 126 Å². The molecule has 0 radical (unpaired) electrons. The fourth-order valence-corrected chi connectivity index (χ4v) is 4.20. The summed E-state index contributed by atoms with van der Waals surface area (Å²) in [7, 11) is 1.99. The summed E-state index contributed by atoms with van der Waals surface area (Å²) >= 11 is 1.26. The van der Waals surface area contributed by atoms with Crippen molar-refractivity contribution in [2.24, 2.45) is 0 Å². The highest BCUT2D eigenvalue weighted by Crippen LogP contribution is 2.24. The van der Waals surface area contributed by atoms with Gasteiger partial charge in [0.25, 0.3) is 5.91 Å². The molecule has 10 nitrogen and oxygen atoms in total. The largest absolute Gasteiger partial charge is 0.464 e. The van der Waals surface area contributed by atoms with Gasteiger partial charge in [-0.25, -0.2) is 14.8 Å². The van der Waals surface area contributed by atoms with E-state index in [-0.39, 0.29) is 30.4 Å². The molecule has 0 unspecified atom stereocenters. The first-order valence-corrected chi connectivity index (χ1v) is 9.59. The van der Waals surface area contributed by atoms with Gasteiger partial charge in [0.1, 0.15) is 0 Å². The van der Waals surface area contributed by atoms with Crippen LogP contribution < -0.4 is 5.43 Å². The molecule has 3 heterocycles. The van der Waals surface area contributed by atoms with E-state index in [1.807, 2.05) is 7.05 Å². The SMILES string of the molecule is CN1CCc2nc(C(=O)NN(CCC(=O)N3CC[C@@H](O)C3)C(=O)O)sc2C1. The van der Waals surface area contributed by atoms with Gasteiger partial charge in [-0.1, -0.05) is 0 Å². The van der Waals surface area contributed by atoms with Crippen LogP contribution in [0.4, 0.5) is 4.79 Å². The van der Waals surface area contributed by atoms with Crippen molar-refractivity contribution in [2.45, 2.75) is 31.9 Å². The first kappa shape index (κ1) is 19.5. The number of rotatable bonds is 4. The highest BCUT2D eigenvalue weighted by molar-refractivity contribution is 7.13. The molecule has 0 aromatic carbocycles. The fourth-order valence-electron chi connectivity index (χ4n) is 3.12. The second-order valence-corrected chi connectivity index (χ2v) is 7.87. The first-order valence-electron chi connectivity index (χ1n) is 8.78. The second kappa shape index (κ2) is 8.19. The molecule has 1 aromatic rings. The number of nitrogens with one attached hydrogen (secondary N) is 1. The lowest BCUT2D eigenvalue weighted by molar-refractivity contribution is -0.130. The third-order valence-electron chi connectivity index (χ3n) is 4.65. The molecule has 0 spiro atoms. The van der Waals surface area contributed by atoms with Crippen LogP contribution in [-0.4, -0.2) is 87.2 Å². The standard InChI is InChI=1S/C16H23N5O5S/c1-19-5-3-11-12(9-19)27-15(17-11)14(24)18-21(16(25)26)7-4-13(23)20-6-2-10(22)8-20/h10,22H,2-9H2,1H3,(H,18,24)(H,25,26)/t10-/m1/s1. The van der Waals surface area contributed by atoms with Gasteiger partial charge in [0.05, 0.1) is 18.3 Å². The van der Waals surface area contributed by atoms with Crippen molar-refractivity contribution in [3.05, 3.63) is 15.6 Å². The summed E-state index contributed by atoms with van der Waals surface area (Å²) in [6.07, 6.45) is -0.667. The summed E-state index contributed by atoms with van der Waals surface area (Å²) in [5.41, 5.74) is 3.20. The fraction of sp³-hybridized carbons (Fsp3) is 0.625. The number of β-amino-alcohol motifs (C(OH)–C–C–N with tert-alkyl or cyclic N) is 1. The smallest absolute Gasteiger partial charge is 0.426 e. The van der Waals surface area contributed by atoms with Crippen molar-refractivity contribution in [3.63, 3.8) is 0 Å². The molecule has 3 rings (SSSR count). The number of carbonyl (C=O) groups is 3. The van der Waals surface area contributed by atoms with Crippen LogP contribution in [0.5, 0.6) is 0 Å². The zero-order chi connectivity index (χ0) is 19.6. The maximum Gasteiger partial charge on any atom is 0.426 e. The molecule has 0 saturated carbocycles. The van der Waals surface area contributed by atoms with Gasteiger partial charge < -0.3 is 20.0 Å². The van der Waals surface area contributed by atoms with Gasteiger partial charge in [-0.3, -0.25) is 15.0 Å². The lowest BCUT2D eigenvalue weighted by Gasteiger charge is -2.21. The molecule has 2 aliphatic heterocycles. The zero-order valence-electron chi connectivity index (χ0n) is 15.1. The number of hydrazine groups is 1. The Balaban J connectivity index is 1.57. The number of nitrogens with zero attached hydrogens (tertiary/aromatic N) is 4. The Kier molecular flexibility index (Phi) is 5.92. The van der Waals surface area contributed by atoms with Crippen LogP contribution >= 0.6 is 11.3 Å². The third kappa shape index (κ3) is 4.73. The Bertz CT molecular complexity index is 739. The van der Waals surface area contributed by atoms with Gasteiger partial charge in [-0.15, -0.1) is 11.3 Å². The van der Waals surface area contributed by atoms with Crippen LogP contribution in [0.1, 0.15) is 33.2 Å². The molecule has 1 saturated heterocycles. The summed E-state index contributed by atoms with van der Waals surface area (Å²) in [6, 6.07) is 0. The Hall–Kier alpha value is -2.24. The quantitative estimate of drug-likeness (QED) is 0.598. The van der Waals surface area contributed by atoms with Gasteiger partial charge in [0, 0.05) is 43.9 Å². The van der Waals surface area contributed by atoms with E-state index in [0.29, 0.717) is 18.0 Å². The average molecular weight is 397 g/mol. The highest BCUT2D eigenvalue weighted by atomic mass is 32.1. The number of aliphatic hydroxyl groups excluding tert-OH is 1. The molecule has 0 bridgehead atoms. The zero-order valence-corrected chi connectivity index (χ0v) is 15.9. The molecule has 11 heteroatoms. The third-order valence-corrected chi connectivity index (χ3v) is 5.73. The van der Waals surface area contributed by atoms with E-state index in [2.05, 4.69) is 15.3 Å². The number of aliphatic hydroxyl groups is 1. The van der Waals surface area contributed by atoms with Crippen LogP contribution in [-0.2, 0) is 17.8 Å². The predicted molar refractivity (Wildman–Crippen MR) is 96.2 cm³/mol. The van der Waals surface area contributed by atoms with Gasteiger partial charge >= 0.3 is 6.09 Å². The van der Waals surface area contributed by atoms with Crippen LogP contribution in [0.3, 0.4) is 0 Å². The summed E-state index contributed by atoms with van der Waals surface area (Å²) in [6.45, 7) is 2.14. The summed E-state index contributed by atoms with van der Waals surface area (Å²) in [5.74, 6) is -0.844. The monoisotopic (exact) mass is 397 g/mol. The maximum atomic E-state index is 12.4. The number of fused-ring (bicyclic) bond motifs is 1. The normalized spacial score (nSPS) is 19.6. The lowest BCUT2D eigenvalue weighted by Crippen LogP contribution is -2.47. The molecule has 0 aliphatic carbocycles. The number of carbonyl (C=O) groups excluding carboxylic acids is 2. The van der Waals surface area contributed by atoms with Crippen LogP contribution in [0.25, 0.3) is 0 Å². The van der Waals surface area contributed by atoms with E-state index in [4.69, 9.17) is 0 Å². The van der Waals surface area contributed by atoms with Gasteiger partial charge in [0.2, 0.25) is 5.91 Å². The summed E-state index contributed by atoms with van der Waals surface area (Å²) < 4.78 is 0. The molecule has 1 atom stereocenters. The average Bonchev–Trinajstić information content (AvgIpc) is 3.23. The number of aromatic nitrogens is 1. The Morgan fingerprint density at radius 1 is 1.37 bits per heavy atom. The van der Waals surface area contributed by atoms with Crippen molar-refractivity contribution in [2.75, 3.05) is 33.2 Å². The molecule has 1 fully saturated rings. The molecule has 1 aromatic heterocycles. The first-order chi connectivity index (χ1) is 12.8. The molecule has 27 heavy (non-hydrogen) atoms. The molecule has 3 amide bonds. The van der Waals surface area contributed by atoms with Crippen molar-refractivity contribution < 1.29 is 24.6 Å². The van der Waals surface area contributed by atoms with Gasteiger partial charge in [-0.2, -0.15) is 0 Å². The molecule has 148 valence electrons. The number of carboxylic acid groups (broad SMARTS) is 1. The number of hydrogen-bond donors (Lipinski definition) is 3. The lowest BCUT2D eigenvalue weighted by atomic mass is 10.2. The minimum absolute atomic E-state index is 0.0710. The van der Waals surface area contributed by atoms with E-state index in [0.717, 1.165) is 30.1 Å². The van der Waals surface area contributed by atoms with Crippen LogP contribution in [0.2, 0.25) is 0 Å². The Morgan fingerprint density at radius 2 is 2.15 bits per heavy atom. The number of thiazole rings is 1. The predicted octanol–water partition coefficient (Wildman–Crippen LogP) is -0.261. The van der Waals surface area contributed by atoms with Crippen molar-refractivity contribution in [1.82, 2.24) is 25.2 Å². The van der Waals surface area contributed by atoms with Gasteiger partial charge in [-0.05, 0) is 13.5 Å². The molecular weight excluding hydrogens is 374 g/mol.